The summed E-state index contributed by atoms with van der Waals surface area (Å²) in [4.78, 5) is 2.22. The summed E-state index contributed by atoms with van der Waals surface area (Å²) in [6.45, 7) is 2.84. The number of para-hydroxylation sites is 2. The van der Waals surface area contributed by atoms with Crippen LogP contribution in [0.3, 0.4) is 0 Å². The summed E-state index contributed by atoms with van der Waals surface area (Å²) in [5, 5.41) is 9.69. The zero-order valence-electron chi connectivity index (χ0n) is 9.06. The van der Waals surface area contributed by atoms with Gasteiger partial charge in [0.05, 0.1) is 23.5 Å². The number of nitrogens with zero attached hydrogens (tertiary/aromatic N) is 1. The van der Waals surface area contributed by atoms with E-state index < -0.39 is 0 Å². The molecule has 1 aromatic rings. The Bertz CT molecular complexity index is 338. The van der Waals surface area contributed by atoms with Gasteiger partial charge < -0.3 is 15.7 Å². The molecule has 2 atom stereocenters. The number of hydrogen-bond acceptors (Lipinski definition) is 3. The Kier molecular flexibility index (Phi) is 2.82. The molecule has 0 spiro atoms. The fraction of sp³-hybridized carbons (Fsp3) is 0.500. The van der Waals surface area contributed by atoms with E-state index in [0.717, 1.165) is 30.8 Å². The van der Waals surface area contributed by atoms with Crippen molar-refractivity contribution in [2.24, 2.45) is 0 Å². The van der Waals surface area contributed by atoms with E-state index in [0.29, 0.717) is 0 Å². The number of aliphatic hydroxyl groups is 1. The number of benzene rings is 1. The molecule has 1 aliphatic heterocycles. The minimum atomic E-state index is -0.299. The molecular weight excluding hydrogens is 188 g/mol. The van der Waals surface area contributed by atoms with Crippen molar-refractivity contribution in [2.75, 3.05) is 17.2 Å². The van der Waals surface area contributed by atoms with Crippen LogP contribution in [0.2, 0.25) is 0 Å². The van der Waals surface area contributed by atoms with Gasteiger partial charge in [0.25, 0.3) is 0 Å². The van der Waals surface area contributed by atoms with Gasteiger partial charge in [-0.15, -0.1) is 0 Å². The van der Waals surface area contributed by atoms with E-state index in [9.17, 15) is 5.11 Å². The normalized spacial score (nSPS) is 23.1. The van der Waals surface area contributed by atoms with E-state index in [4.69, 9.17) is 5.73 Å². The lowest BCUT2D eigenvalue weighted by Gasteiger charge is -2.29. The number of aliphatic hydroxyl groups excluding tert-OH is 1. The van der Waals surface area contributed by atoms with Crippen molar-refractivity contribution in [1.82, 2.24) is 0 Å². The monoisotopic (exact) mass is 206 g/mol. The molecule has 0 saturated carbocycles. The Morgan fingerprint density at radius 1 is 1.47 bits per heavy atom. The van der Waals surface area contributed by atoms with Gasteiger partial charge in [-0.05, 0) is 31.9 Å². The van der Waals surface area contributed by atoms with Crippen LogP contribution in [0.4, 0.5) is 11.4 Å². The standard InChI is InChI=1S/C12H18N2O/c1-9(15)11-7-4-8-14(11)12-6-3-2-5-10(12)13/h2-3,5-6,9,11,15H,4,7-8,13H2,1H3/t9-,11+/m0/s1. The SMILES string of the molecule is C[C@H](O)[C@H]1CCCN1c1ccccc1N. The van der Waals surface area contributed by atoms with E-state index in [1.54, 1.807) is 0 Å². The minimum Gasteiger partial charge on any atom is -0.397 e. The third kappa shape index (κ3) is 1.92. The summed E-state index contributed by atoms with van der Waals surface area (Å²) >= 11 is 0. The summed E-state index contributed by atoms with van der Waals surface area (Å²) in [6.07, 6.45) is 1.88. The average Bonchev–Trinajstić information content (AvgIpc) is 2.67. The van der Waals surface area contributed by atoms with Crippen LogP contribution in [0.5, 0.6) is 0 Å². The first-order valence-electron chi connectivity index (χ1n) is 5.49. The molecule has 0 unspecified atom stereocenters. The predicted octanol–water partition coefficient (Wildman–Crippen LogP) is 1.62. The molecule has 0 bridgehead atoms. The van der Waals surface area contributed by atoms with Crippen molar-refractivity contribution < 1.29 is 5.11 Å². The molecule has 0 aromatic heterocycles. The van der Waals surface area contributed by atoms with Crippen molar-refractivity contribution in [3.63, 3.8) is 0 Å². The highest BCUT2D eigenvalue weighted by Crippen LogP contribution is 2.31. The van der Waals surface area contributed by atoms with Gasteiger partial charge in [-0.2, -0.15) is 0 Å². The Morgan fingerprint density at radius 2 is 2.20 bits per heavy atom. The van der Waals surface area contributed by atoms with Crippen molar-refractivity contribution in [3.05, 3.63) is 24.3 Å². The maximum Gasteiger partial charge on any atom is 0.0715 e. The molecule has 1 fully saturated rings. The fourth-order valence-corrected chi connectivity index (χ4v) is 2.34. The van der Waals surface area contributed by atoms with Gasteiger partial charge in [-0.3, -0.25) is 0 Å². The Hall–Kier alpha value is -1.22. The van der Waals surface area contributed by atoms with E-state index in [2.05, 4.69) is 4.90 Å². The van der Waals surface area contributed by atoms with Gasteiger partial charge in [0, 0.05) is 6.54 Å². The van der Waals surface area contributed by atoms with Gasteiger partial charge in [-0.1, -0.05) is 12.1 Å². The molecule has 0 amide bonds. The molecule has 1 heterocycles. The average molecular weight is 206 g/mol. The van der Waals surface area contributed by atoms with E-state index in [1.165, 1.54) is 0 Å². The second kappa shape index (κ2) is 4.11. The number of rotatable bonds is 2. The lowest BCUT2D eigenvalue weighted by Crippen LogP contribution is -2.37. The van der Waals surface area contributed by atoms with Crippen LogP contribution < -0.4 is 10.6 Å². The van der Waals surface area contributed by atoms with Crippen molar-refractivity contribution in [3.8, 4) is 0 Å². The lowest BCUT2D eigenvalue weighted by molar-refractivity contribution is 0.164. The summed E-state index contributed by atoms with van der Waals surface area (Å²) in [7, 11) is 0. The number of nitrogens with two attached hydrogens (primary N) is 1. The van der Waals surface area contributed by atoms with Gasteiger partial charge in [0.1, 0.15) is 0 Å². The topological polar surface area (TPSA) is 49.5 Å². The molecule has 82 valence electrons. The van der Waals surface area contributed by atoms with E-state index >= 15 is 0 Å². The zero-order valence-corrected chi connectivity index (χ0v) is 9.06. The quantitative estimate of drug-likeness (QED) is 0.723. The van der Waals surface area contributed by atoms with Crippen LogP contribution >= 0.6 is 0 Å². The molecule has 1 aromatic carbocycles. The summed E-state index contributed by atoms with van der Waals surface area (Å²) in [5.41, 5.74) is 7.79. The lowest BCUT2D eigenvalue weighted by atomic mass is 10.1. The molecular formula is C12H18N2O. The summed E-state index contributed by atoms with van der Waals surface area (Å²) in [5.74, 6) is 0. The molecule has 1 saturated heterocycles. The first-order chi connectivity index (χ1) is 7.20. The zero-order chi connectivity index (χ0) is 10.8. The predicted molar refractivity (Wildman–Crippen MR) is 62.9 cm³/mol. The van der Waals surface area contributed by atoms with Gasteiger partial charge in [-0.25, -0.2) is 0 Å². The largest absolute Gasteiger partial charge is 0.397 e. The molecule has 2 rings (SSSR count). The first-order valence-corrected chi connectivity index (χ1v) is 5.49. The van der Waals surface area contributed by atoms with E-state index in [-0.39, 0.29) is 12.1 Å². The van der Waals surface area contributed by atoms with Crippen molar-refractivity contribution >= 4 is 11.4 Å². The van der Waals surface area contributed by atoms with Gasteiger partial charge >= 0.3 is 0 Å². The Morgan fingerprint density at radius 3 is 2.87 bits per heavy atom. The number of nitrogen functional groups attached to an aromatic ring is 1. The Balaban J connectivity index is 2.27. The molecule has 3 N–H and O–H groups in total. The minimum absolute atomic E-state index is 0.217. The molecule has 3 heteroatoms. The van der Waals surface area contributed by atoms with Crippen LogP contribution in [0, 0.1) is 0 Å². The first kappa shape index (κ1) is 10.3. The van der Waals surface area contributed by atoms with Crippen LogP contribution in [0.25, 0.3) is 0 Å². The summed E-state index contributed by atoms with van der Waals surface area (Å²) < 4.78 is 0. The third-order valence-electron chi connectivity index (χ3n) is 3.10. The number of hydrogen-bond donors (Lipinski definition) is 2. The van der Waals surface area contributed by atoms with E-state index in [1.807, 2.05) is 31.2 Å². The molecule has 0 aliphatic carbocycles. The maximum absolute atomic E-state index is 9.69. The second-order valence-corrected chi connectivity index (χ2v) is 4.20. The third-order valence-corrected chi connectivity index (χ3v) is 3.10. The highest BCUT2D eigenvalue weighted by Gasteiger charge is 2.29. The molecule has 3 nitrogen and oxygen atoms in total. The summed E-state index contributed by atoms with van der Waals surface area (Å²) in [6, 6.07) is 8.08. The fourth-order valence-electron chi connectivity index (χ4n) is 2.34. The van der Waals surface area contributed by atoms with Crippen LogP contribution in [-0.2, 0) is 0 Å². The van der Waals surface area contributed by atoms with Crippen molar-refractivity contribution in [1.29, 1.82) is 0 Å². The van der Waals surface area contributed by atoms with Crippen molar-refractivity contribution in [2.45, 2.75) is 31.9 Å². The molecule has 1 aliphatic rings. The highest BCUT2D eigenvalue weighted by atomic mass is 16.3. The van der Waals surface area contributed by atoms with Gasteiger partial charge in [0.2, 0.25) is 0 Å². The van der Waals surface area contributed by atoms with Crippen LogP contribution in [-0.4, -0.2) is 23.8 Å². The maximum atomic E-state index is 9.69. The highest BCUT2D eigenvalue weighted by molar-refractivity contribution is 5.68. The Labute approximate surface area is 90.5 Å². The number of anilines is 2. The second-order valence-electron chi connectivity index (χ2n) is 4.20. The molecule has 0 radical (unpaired) electrons. The smallest absolute Gasteiger partial charge is 0.0715 e. The molecule has 15 heavy (non-hydrogen) atoms. The van der Waals surface area contributed by atoms with Gasteiger partial charge in [0.15, 0.2) is 0 Å². The van der Waals surface area contributed by atoms with Crippen LogP contribution in [0.15, 0.2) is 24.3 Å². The van der Waals surface area contributed by atoms with Crippen LogP contribution in [0.1, 0.15) is 19.8 Å².